The zero-order valence-corrected chi connectivity index (χ0v) is 25.4. The van der Waals surface area contributed by atoms with Crippen LogP contribution >= 0.6 is 0 Å². The van der Waals surface area contributed by atoms with Crippen LogP contribution in [0, 0.1) is 12.8 Å². The molecule has 0 aliphatic heterocycles. The minimum Gasteiger partial charge on any atom is -0.354 e. The maximum atomic E-state index is 13.0. The van der Waals surface area contributed by atoms with Crippen molar-refractivity contribution in [1.29, 1.82) is 0 Å². The van der Waals surface area contributed by atoms with Crippen molar-refractivity contribution in [3.05, 3.63) is 64.7 Å². The molecule has 228 valence electrons. The van der Waals surface area contributed by atoms with Gasteiger partial charge in [0.25, 0.3) is 5.91 Å². The summed E-state index contributed by atoms with van der Waals surface area (Å²) in [6.45, 7) is 6.04. The fourth-order valence-corrected chi connectivity index (χ4v) is 4.65. The SMILES string of the molecule is Cc1cccc(CCCCc2cc(C(=O)NCCNC(CC(F)(F)F)C(=O)NCC(C)C)cc(N(C)S(C)=O)c2)c1. The highest BCUT2D eigenvalue weighted by molar-refractivity contribution is 7.85. The van der Waals surface area contributed by atoms with E-state index in [1.54, 1.807) is 29.7 Å². The molecule has 0 saturated heterocycles. The van der Waals surface area contributed by atoms with Crippen LogP contribution in [-0.2, 0) is 28.6 Å². The lowest BCUT2D eigenvalue weighted by Crippen LogP contribution is -2.49. The highest BCUT2D eigenvalue weighted by Gasteiger charge is 2.35. The number of amides is 2. The van der Waals surface area contributed by atoms with Gasteiger partial charge >= 0.3 is 6.18 Å². The Kier molecular flexibility index (Phi) is 13.8. The second kappa shape index (κ2) is 16.5. The Labute approximate surface area is 244 Å². The van der Waals surface area contributed by atoms with E-state index in [9.17, 15) is 27.0 Å². The molecule has 2 amide bonds. The summed E-state index contributed by atoms with van der Waals surface area (Å²) in [7, 11) is 0.390. The Morgan fingerprint density at radius 3 is 2.27 bits per heavy atom. The first-order chi connectivity index (χ1) is 19.2. The number of halogens is 3. The smallest absolute Gasteiger partial charge is 0.354 e. The molecule has 0 aromatic heterocycles. The number of carbonyl (C=O) groups excluding carboxylic acids is 2. The van der Waals surface area contributed by atoms with Crippen LogP contribution in [0.15, 0.2) is 42.5 Å². The van der Waals surface area contributed by atoms with Crippen LogP contribution in [0.2, 0.25) is 0 Å². The monoisotopic (exact) mass is 596 g/mol. The van der Waals surface area contributed by atoms with Gasteiger partial charge in [-0.25, -0.2) is 4.21 Å². The molecule has 2 rings (SSSR count). The van der Waals surface area contributed by atoms with E-state index in [4.69, 9.17) is 0 Å². The molecule has 0 radical (unpaired) electrons. The molecule has 2 aromatic carbocycles. The molecule has 3 N–H and O–H groups in total. The van der Waals surface area contributed by atoms with E-state index in [1.807, 2.05) is 26.0 Å². The van der Waals surface area contributed by atoms with Gasteiger partial charge in [-0.15, -0.1) is 0 Å². The maximum absolute atomic E-state index is 13.0. The maximum Gasteiger partial charge on any atom is 0.391 e. The van der Waals surface area contributed by atoms with Gasteiger partial charge in [-0.05, 0) is 67.9 Å². The number of unbranched alkanes of at least 4 members (excludes halogenated alkanes) is 1. The largest absolute Gasteiger partial charge is 0.391 e. The highest BCUT2D eigenvalue weighted by Crippen LogP contribution is 2.23. The molecule has 0 saturated carbocycles. The normalized spacial score (nSPS) is 13.1. The minimum absolute atomic E-state index is 0.0219. The van der Waals surface area contributed by atoms with Gasteiger partial charge in [0.1, 0.15) is 11.0 Å². The number of anilines is 1. The summed E-state index contributed by atoms with van der Waals surface area (Å²) in [4.78, 5) is 25.3. The highest BCUT2D eigenvalue weighted by atomic mass is 32.2. The Hall–Kier alpha value is -2.92. The fraction of sp³-hybridized carbons (Fsp3) is 0.533. The molecule has 0 spiro atoms. The minimum atomic E-state index is -4.52. The van der Waals surface area contributed by atoms with Crippen LogP contribution in [0.25, 0.3) is 0 Å². The van der Waals surface area contributed by atoms with Crippen molar-refractivity contribution in [1.82, 2.24) is 16.0 Å². The molecule has 0 fully saturated rings. The van der Waals surface area contributed by atoms with Gasteiger partial charge in [-0.1, -0.05) is 43.7 Å². The zero-order chi connectivity index (χ0) is 30.6. The van der Waals surface area contributed by atoms with Crippen LogP contribution in [0.5, 0.6) is 0 Å². The molecular weight excluding hydrogens is 553 g/mol. The van der Waals surface area contributed by atoms with Crippen LogP contribution in [0.4, 0.5) is 18.9 Å². The molecule has 0 aliphatic rings. The third-order valence-electron chi connectivity index (χ3n) is 6.49. The van der Waals surface area contributed by atoms with Crippen molar-refractivity contribution < 1.29 is 27.0 Å². The van der Waals surface area contributed by atoms with Gasteiger partial charge in [-0.3, -0.25) is 13.9 Å². The number of alkyl halides is 3. The third kappa shape index (κ3) is 13.1. The lowest BCUT2D eigenvalue weighted by Gasteiger charge is -2.21. The van der Waals surface area contributed by atoms with Crippen LogP contribution in [0.3, 0.4) is 0 Å². The molecule has 2 unspecified atom stereocenters. The summed E-state index contributed by atoms with van der Waals surface area (Å²) in [5, 5.41) is 7.86. The average molecular weight is 597 g/mol. The summed E-state index contributed by atoms with van der Waals surface area (Å²) < 4.78 is 52.7. The fourth-order valence-electron chi connectivity index (χ4n) is 4.25. The first kappa shape index (κ1) is 34.3. The average Bonchev–Trinajstić information content (AvgIpc) is 2.90. The van der Waals surface area contributed by atoms with Crippen LogP contribution in [0.1, 0.15) is 60.2 Å². The van der Waals surface area contributed by atoms with E-state index >= 15 is 0 Å². The standard InChI is InChI=1S/C30H43F3N4O3S/c1-21(2)20-36-29(39)27(19-30(31,32)33)34-13-14-35-28(38)25-16-24(17-26(18-25)37(4)41(5)40)11-7-6-10-23-12-8-9-22(3)15-23/h8-9,12,15-18,21,27,34H,6-7,10-11,13-14,19-20H2,1-5H3,(H,35,38)(H,36,39). The van der Waals surface area contributed by atoms with Crippen LogP contribution < -0.4 is 20.3 Å². The van der Waals surface area contributed by atoms with E-state index in [-0.39, 0.29) is 25.6 Å². The number of rotatable bonds is 16. The second-order valence-electron chi connectivity index (χ2n) is 10.7. The van der Waals surface area contributed by atoms with E-state index in [0.29, 0.717) is 11.3 Å². The van der Waals surface area contributed by atoms with Crippen molar-refractivity contribution in [2.45, 2.75) is 65.1 Å². The summed E-state index contributed by atoms with van der Waals surface area (Å²) in [5.74, 6) is -1.03. The number of aryl methyl sites for hydroxylation is 3. The Balaban J connectivity index is 2.01. The first-order valence-corrected chi connectivity index (χ1v) is 15.4. The molecule has 0 bridgehead atoms. The van der Waals surface area contributed by atoms with Crippen molar-refractivity contribution >= 4 is 28.5 Å². The Morgan fingerprint density at radius 1 is 0.976 bits per heavy atom. The zero-order valence-electron chi connectivity index (χ0n) is 24.6. The molecule has 11 heteroatoms. The summed E-state index contributed by atoms with van der Waals surface area (Å²) in [5.41, 5.74) is 4.44. The molecule has 41 heavy (non-hydrogen) atoms. The number of hydrogen-bond donors (Lipinski definition) is 3. The quantitative estimate of drug-likeness (QED) is 0.245. The number of hydrogen-bond acceptors (Lipinski definition) is 4. The van der Waals surface area contributed by atoms with E-state index in [0.717, 1.165) is 31.2 Å². The molecular formula is C30H43F3N4O3S. The van der Waals surface area contributed by atoms with Gasteiger partial charge in [0.2, 0.25) is 5.91 Å². The van der Waals surface area contributed by atoms with Crippen LogP contribution in [-0.4, -0.2) is 61.2 Å². The molecule has 0 aliphatic carbocycles. The van der Waals surface area contributed by atoms with Crippen molar-refractivity contribution in [2.75, 3.05) is 37.2 Å². The van der Waals surface area contributed by atoms with Crippen molar-refractivity contribution in [2.24, 2.45) is 5.92 Å². The van der Waals surface area contributed by atoms with Gasteiger partial charge in [-0.2, -0.15) is 13.2 Å². The Morgan fingerprint density at radius 2 is 1.66 bits per heavy atom. The van der Waals surface area contributed by atoms with E-state index in [2.05, 4.69) is 41.1 Å². The molecule has 2 aromatic rings. The number of carbonyl (C=O) groups is 2. The number of nitrogens with one attached hydrogen (secondary N) is 3. The predicted octanol–water partition coefficient (Wildman–Crippen LogP) is 4.70. The van der Waals surface area contributed by atoms with Gasteiger partial charge < -0.3 is 16.0 Å². The predicted molar refractivity (Wildman–Crippen MR) is 159 cm³/mol. The molecule has 2 atom stereocenters. The summed E-state index contributed by atoms with van der Waals surface area (Å²) in [6, 6.07) is 12.3. The number of nitrogens with zero attached hydrogens (tertiary/aromatic N) is 1. The van der Waals surface area contributed by atoms with Crippen molar-refractivity contribution in [3.63, 3.8) is 0 Å². The summed E-state index contributed by atoms with van der Waals surface area (Å²) >= 11 is 0. The van der Waals surface area contributed by atoms with E-state index in [1.165, 1.54) is 11.1 Å². The third-order valence-corrected chi connectivity index (χ3v) is 7.47. The molecule has 0 heterocycles. The van der Waals surface area contributed by atoms with Gasteiger partial charge in [0.05, 0.1) is 12.5 Å². The molecule has 7 nitrogen and oxygen atoms in total. The lowest BCUT2D eigenvalue weighted by molar-refractivity contribution is -0.149. The van der Waals surface area contributed by atoms with Crippen molar-refractivity contribution in [3.8, 4) is 0 Å². The van der Waals surface area contributed by atoms with Gasteiger partial charge in [0, 0.05) is 44.2 Å². The first-order valence-electron chi connectivity index (χ1n) is 13.9. The summed E-state index contributed by atoms with van der Waals surface area (Å²) in [6.07, 6.45) is -0.712. The van der Waals surface area contributed by atoms with E-state index < -0.39 is 41.4 Å². The number of benzene rings is 2. The lowest BCUT2D eigenvalue weighted by atomic mass is 10.0. The van der Waals surface area contributed by atoms with Gasteiger partial charge in [0.15, 0.2) is 0 Å². The topological polar surface area (TPSA) is 90.5 Å². The Bertz CT molecular complexity index is 1170. The second-order valence-corrected chi connectivity index (χ2v) is 12.1.